The van der Waals surface area contributed by atoms with E-state index in [1.165, 1.54) is 39.1 Å². The maximum absolute atomic E-state index is 12.1. The quantitative estimate of drug-likeness (QED) is 0.218. The van der Waals surface area contributed by atoms with Crippen LogP contribution in [0.4, 0.5) is 15.3 Å². The van der Waals surface area contributed by atoms with Crippen LogP contribution in [0, 0.1) is 11.8 Å². The van der Waals surface area contributed by atoms with Crippen molar-refractivity contribution in [3.63, 3.8) is 0 Å². The van der Waals surface area contributed by atoms with E-state index in [1.54, 1.807) is 6.20 Å². The molecular weight excluding hydrogens is 813 g/mol. The van der Waals surface area contributed by atoms with Gasteiger partial charge in [-0.05, 0) is 163 Å². The van der Waals surface area contributed by atoms with Crippen molar-refractivity contribution in [1.82, 2.24) is 19.8 Å². The van der Waals surface area contributed by atoms with Gasteiger partial charge in [-0.25, -0.2) is 9.59 Å². The second-order valence-electron chi connectivity index (χ2n) is 15.2. The molecule has 2 aromatic carbocycles. The molecule has 2 saturated heterocycles. The molecule has 2 fully saturated rings. The van der Waals surface area contributed by atoms with Gasteiger partial charge < -0.3 is 25.0 Å². The van der Waals surface area contributed by atoms with Crippen molar-refractivity contribution >= 4 is 57.0 Å². The molecule has 0 saturated carbocycles. The predicted molar refractivity (Wildman–Crippen MR) is 225 cm³/mol. The number of piperidine rings is 2. The third-order valence-electron chi connectivity index (χ3n) is 11.9. The van der Waals surface area contributed by atoms with E-state index in [4.69, 9.17) is 48.4 Å². The number of fused-ring (bicyclic) bond motifs is 4. The Bertz CT molecular complexity index is 1800. The number of amides is 2. The Kier molecular flexibility index (Phi) is 13.1. The number of carbonyl (C=O) groups excluding carboxylic acids is 2. The van der Waals surface area contributed by atoms with E-state index in [0.29, 0.717) is 43.8 Å². The summed E-state index contributed by atoms with van der Waals surface area (Å²) in [6.45, 7) is 7.41. The fourth-order valence-electron chi connectivity index (χ4n) is 9.23. The minimum Gasteiger partial charge on any atom is -0.450 e. The maximum atomic E-state index is 12.1. The van der Waals surface area contributed by atoms with E-state index >= 15 is 0 Å². The SMILES string of the molecule is CCOC(=O)N1CCC(C2c3ccc(Cl)cc3CCc3cc(Br)cnc32)CC1.CCOC(=O)N1CCC(C2c3ccc(Cl)cc3CCc3cc(N)cnc32)CC1. The number of pyridine rings is 2. The number of likely N-dealkylation sites (tertiary alicyclic amines) is 2. The van der Waals surface area contributed by atoms with E-state index in [2.05, 4.69) is 52.3 Å². The van der Waals surface area contributed by atoms with Crippen LogP contribution in [0.25, 0.3) is 0 Å². The van der Waals surface area contributed by atoms with Crippen LogP contribution in [0.1, 0.15) is 96.1 Å². The number of anilines is 1. The van der Waals surface area contributed by atoms with Crippen LogP contribution in [0.5, 0.6) is 0 Å². The Morgan fingerprint density at radius 2 is 1.11 bits per heavy atom. The molecule has 2 aromatic heterocycles. The van der Waals surface area contributed by atoms with Gasteiger partial charge in [0, 0.05) is 58.7 Å². The molecule has 2 amide bonds. The standard InChI is InChI=1S/C22H24BrClN2O2.C22H26ClN3O2/c1-2-28-22(27)26-9-7-14(8-10-26)20-19-6-5-18(24)12-15(19)3-4-16-11-17(23)13-25-21(16)20;1-2-28-22(27)26-9-7-14(8-10-26)20-19-6-5-17(23)11-15(19)3-4-16-12-18(24)13-25-21(16)20/h5-6,11-14,20H,2-4,7-10H2,1H3;5-6,11-14,20H,2-4,7-10,24H2,1H3. The molecule has 0 radical (unpaired) electrons. The van der Waals surface area contributed by atoms with Gasteiger partial charge in [0.15, 0.2) is 0 Å². The number of benzene rings is 2. The van der Waals surface area contributed by atoms with Crippen molar-refractivity contribution in [3.8, 4) is 0 Å². The number of carbonyl (C=O) groups is 2. The summed E-state index contributed by atoms with van der Waals surface area (Å²) in [4.78, 5) is 37.4. The molecule has 8 rings (SSSR count). The monoisotopic (exact) mass is 861 g/mol. The van der Waals surface area contributed by atoms with Crippen molar-refractivity contribution in [2.75, 3.05) is 45.1 Å². The van der Waals surface area contributed by atoms with Gasteiger partial charge in [0.25, 0.3) is 0 Å². The number of hydrogen-bond acceptors (Lipinski definition) is 7. The number of aryl methyl sites for hydroxylation is 4. The van der Waals surface area contributed by atoms with Gasteiger partial charge in [0.2, 0.25) is 0 Å². The molecule has 56 heavy (non-hydrogen) atoms. The first-order chi connectivity index (χ1) is 27.1. The Hall–Kier alpha value is -3.86. The number of halogens is 3. The molecule has 2 aliphatic heterocycles. The van der Waals surface area contributed by atoms with Crippen LogP contribution in [0.15, 0.2) is 65.4 Å². The van der Waals surface area contributed by atoms with Crippen LogP contribution >= 0.6 is 39.1 Å². The Morgan fingerprint density at radius 3 is 1.57 bits per heavy atom. The van der Waals surface area contributed by atoms with Crippen molar-refractivity contribution in [2.24, 2.45) is 11.8 Å². The second-order valence-corrected chi connectivity index (χ2v) is 17.0. The molecule has 2 unspecified atom stereocenters. The molecule has 4 heterocycles. The number of nitrogens with two attached hydrogens (primary N) is 1. The first-order valence-corrected chi connectivity index (χ1v) is 21.5. The third-order valence-corrected chi connectivity index (χ3v) is 12.8. The second kappa shape index (κ2) is 18.2. The number of aromatic nitrogens is 2. The summed E-state index contributed by atoms with van der Waals surface area (Å²) in [7, 11) is 0. The zero-order valence-electron chi connectivity index (χ0n) is 32.1. The average molecular weight is 864 g/mol. The smallest absolute Gasteiger partial charge is 0.409 e. The predicted octanol–water partition coefficient (Wildman–Crippen LogP) is 10.0. The Balaban J connectivity index is 0.000000172. The first kappa shape index (κ1) is 40.3. The molecule has 4 aromatic rings. The van der Waals surface area contributed by atoms with E-state index < -0.39 is 0 Å². The van der Waals surface area contributed by atoms with Crippen molar-refractivity contribution in [3.05, 3.63) is 120 Å². The minimum absolute atomic E-state index is 0.198. The summed E-state index contributed by atoms with van der Waals surface area (Å²) in [6, 6.07) is 16.8. The number of nitrogens with zero attached hydrogens (tertiary/aromatic N) is 4. The highest BCUT2D eigenvalue weighted by Crippen LogP contribution is 2.45. The Morgan fingerprint density at radius 1 is 0.679 bits per heavy atom. The topological polar surface area (TPSA) is 111 Å². The lowest BCUT2D eigenvalue weighted by Crippen LogP contribution is -2.40. The molecule has 9 nitrogen and oxygen atoms in total. The highest BCUT2D eigenvalue weighted by atomic mass is 79.9. The van der Waals surface area contributed by atoms with Crippen LogP contribution in [0.3, 0.4) is 0 Å². The van der Waals surface area contributed by atoms with Gasteiger partial charge in [-0.15, -0.1) is 0 Å². The highest BCUT2D eigenvalue weighted by molar-refractivity contribution is 9.10. The molecule has 2 aliphatic carbocycles. The number of ether oxygens (including phenoxy) is 2. The summed E-state index contributed by atoms with van der Waals surface area (Å²) in [5.41, 5.74) is 16.8. The zero-order chi connectivity index (χ0) is 39.3. The summed E-state index contributed by atoms with van der Waals surface area (Å²) in [6.07, 6.45) is 10.8. The summed E-state index contributed by atoms with van der Waals surface area (Å²) >= 11 is 16.2. The average Bonchev–Trinajstić information content (AvgIpc) is 3.45. The molecule has 0 spiro atoms. The van der Waals surface area contributed by atoms with Gasteiger partial charge in [0.1, 0.15) is 0 Å². The minimum atomic E-state index is -0.208. The molecule has 2 atom stereocenters. The first-order valence-electron chi connectivity index (χ1n) is 19.9. The van der Waals surface area contributed by atoms with Gasteiger partial charge >= 0.3 is 12.2 Å². The van der Waals surface area contributed by atoms with Crippen LogP contribution < -0.4 is 5.73 Å². The zero-order valence-corrected chi connectivity index (χ0v) is 35.2. The molecule has 12 heteroatoms. The molecule has 2 N–H and O–H groups in total. The molecule has 4 aliphatic rings. The van der Waals surface area contributed by atoms with Gasteiger partial charge in [-0.2, -0.15) is 0 Å². The number of rotatable bonds is 4. The van der Waals surface area contributed by atoms with Gasteiger partial charge in [-0.1, -0.05) is 35.3 Å². The lowest BCUT2D eigenvalue weighted by molar-refractivity contribution is 0.0892. The van der Waals surface area contributed by atoms with E-state index in [9.17, 15) is 9.59 Å². The van der Waals surface area contributed by atoms with Crippen molar-refractivity contribution in [1.29, 1.82) is 0 Å². The normalized spacial score (nSPS) is 19.5. The lowest BCUT2D eigenvalue weighted by atomic mass is 9.76. The fraction of sp³-hybridized carbons (Fsp3) is 0.455. The summed E-state index contributed by atoms with van der Waals surface area (Å²) in [5, 5.41) is 1.56. The molecular formula is C44H50BrCl2N5O4. The Labute approximate surface area is 348 Å². The third kappa shape index (κ3) is 8.98. The van der Waals surface area contributed by atoms with Crippen molar-refractivity contribution in [2.45, 2.75) is 77.0 Å². The lowest BCUT2D eigenvalue weighted by Gasteiger charge is -2.36. The van der Waals surface area contributed by atoms with Crippen LogP contribution in [0.2, 0.25) is 10.0 Å². The molecule has 296 valence electrons. The van der Waals surface area contributed by atoms with E-state index in [-0.39, 0.29) is 24.0 Å². The van der Waals surface area contributed by atoms with Crippen LogP contribution in [-0.4, -0.2) is 71.3 Å². The van der Waals surface area contributed by atoms with Crippen molar-refractivity contribution < 1.29 is 19.1 Å². The fourth-order valence-corrected chi connectivity index (χ4v) is 10.00. The highest BCUT2D eigenvalue weighted by Gasteiger charge is 2.37. The van der Waals surface area contributed by atoms with Gasteiger partial charge in [0.05, 0.1) is 36.5 Å². The van der Waals surface area contributed by atoms with E-state index in [1.807, 2.05) is 42.0 Å². The number of nitrogen functional groups attached to an aromatic ring is 1. The van der Waals surface area contributed by atoms with Gasteiger partial charge in [-0.3, -0.25) is 9.97 Å². The maximum Gasteiger partial charge on any atom is 0.409 e. The summed E-state index contributed by atoms with van der Waals surface area (Å²) in [5.74, 6) is 1.30. The summed E-state index contributed by atoms with van der Waals surface area (Å²) < 4.78 is 11.4. The molecule has 0 bridgehead atoms. The van der Waals surface area contributed by atoms with E-state index in [0.717, 1.165) is 84.7 Å². The number of hydrogen-bond donors (Lipinski definition) is 1. The van der Waals surface area contributed by atoms with Crippen LogP contribution in [-0.2, 0) is 35.2 Å². The largest absolute Gasteiger partial charge is 0.450 e.